The lowest BCUT2D eigenvalue weighted by Crippen LogP contribution is -2.46. The van der Waals surface area contributed by atoms with Crippen LogP contribution in [-0.4, -0.2) is 49.2 Å². The Hall–Kier alpha value is -2.94. The fraction of sp³-hybridized carbons (Fsp3) is 0.375. The lowest BCUT2D eigenvalue weighted by Gasteiger charge is -2.33. The highest BCUT2D eigenvalue weighted by Gasteiger charge is 2.37. The van der Waals surface area contributed by atoms with E-state index in [-0.39, 0.29) is 30.0 Å². The Morgan fingerprint density at radius 3 is 2.68 bits per heavy atom. The zero-order valence-electron chi connectivity index (χ0n) is 14.1. The molecule has 0 aromatic heterocycles. The number of rotatable bonds is 6. The van der Waals surface area contributed by atoms with Crippen LogP contribution < -0.4 is 5.32 Å². The van der Waals surface area contributed by atoms with Crippen molar-refractivity contribution in [2.75, 3.05) is 27.4 Å². The maximum Gasteiger partial charge on any atom is 0.338 e. The van der Waals surface area contributed by atoms with Crippen LogP contribution in [0.2, 0.25) is 0 Å². The molecule has 134 valence electrons. The smallest absolute Gasteiger partial charge is 0.338 e. The van der Waals surface area contributed by atoms with Crippen LogP contribution in [0.3, 0.4) is 0 Å². The predicted molar refractivity (Wildman–Crippen MR) is 87.7 cm³/mol. The molecular formula is C16H19N3O6. The van der Waals surface area contributed by atoms with Crippen LogP contribution in [0.1, 0.15) is 18.5 Å². The molecule has 1 N–H and O–H groups in total. The van der Waals surface area contributed by atoms with Gasteiger partial charge in [-0.15, -0.1) is 0 Å². The molecule has 0 spiro atoms. The summed E-state index contributed by atoms with van der Waals surface area (Å²) in [5.41, 5.74) is 0.543. The summed E-state index contributed by atoms with van der Waals surface area (Å²) in [7, 11) is 2.98. The normalized spacial score (nSPS) is 17.3. The summed E-state index contributed by atoms with van der Waals surface area (Å²) in [5.74, 6) is -0.662. The summed E-state index contributed by atoms with van der Waals surface area (Å²) >= 11 is 0. The molecule has 0 aliphatic carbocycles. The molecule has 0 bridgehead atoms. The Balaban J connectivity index is 2.49. The number of methoxy groups -OCH3 is 1. The molecule has 1 atom stereocenters. The average Bonchev–Trinajstić information content (AvgIpc) is 2.59. The van der Waals surface area contributed by atoms with Gasteiger partial charge >= 0.3 is 12.0 Å². The van der Waals surface area contributed by atoms with Crippen LogP contribution in [0.15, 0.2) is 35.5 Å². The Labute approximate surface area is 144 Å². The van der Waals surface area contributed by atoms with E-state index >= 15 is 0 Å². The molecule has 25 heavy (non-hydrogen) atoms. The molecule has 1 heterocycles. The summed E-state index contributed by atoms with van der Waals surface area (Å²) in [6, 6.07) is 4.52. The third-order valence-corrected chi connectivity index (χ3v) is 3.94. The van der Waals surface area contributed by atoms with Gasteiger partial charge in [0.05, 0.1) is 28.7 Å². The number of benzene rings is 1. The molecule has 0 fully saturated rings. The Kier molecular flexibility index (Phi) is 5.71. The first-order valence-electron chi connectivity index (χ1n) is 7.52. The highest BCUT2D eigenvalue weighted by Crippen LogP contribution is 2.35. The molecule has 2 rings (SSSR count). The Morgan fingerprint density at radius 1 is 1.36 bits per heavy atom. The third kappa shape index (κ3) is 3.77. The summed E-state index contributed by atoms with van der Waals surface area (Å²) < 4.78 is 10.0. The third-order valence-electron chi connectivity index (χ3n) is 3.94. The van der Waals surface area contributed by atoms with Crippen molar-refractivity contribution in [2.24, 2.45) is 0 Å². The van der Waals surface area contributed by atoms with Gasteiger partial charge in [0.2, 0.25) is 0 Å². The van der Waals surface area contributed by atoms with Gasteiger partial charge in [0.15, 0.2) is 0 Å². The monoisotopic (exact) mass is 349 g/mol. The lowest BCUT2D eigenvalue weighted by atomic mass is 9.94. The molecule has 1 aliphatic rings. The minimum Gasteiger partial charge on any atom is -0.460 e. The van der Waals surface area contributed by atoms with E-state index in [1.165, 1.54) is 37.3 Å². The SMILES string of the molecule is COCCOC(=O)C1=C(C)N(C)C(=O)NC1c1ccccc1[N+](=O)[O-]. The number of nitro groups is 1. The molecule has 9 nitrogen and oxygen atoms in total. The number of ether oxygens (including phenoxy) is 2. The molecule has 1 aliphatic heterocycles. The number of nitro benzene ring substituents is 1. The van der Waals surface area contributed by atoms with E-state index < -0.39 is 23.0 Å². The van der Waals surface area contributed by atoms with E-state index in [0.29, 0.717) is 5.70 Å². The van der Waals surface area contributed by atoms with Crippen LogP contribution in [0.5, 0.6) is 0 Å². The van der Waals surface area contributed by atoms with E-state index in [0.717, 1.165) is 0 Å². The first kappa shape index (κ1) is 18.4. The zero-order chi connectivity index (χ0) is 18.6. The Morgan fingerprint density at radius 2 is 2.04 bits per heavy atom. The van der Waals surface area contributed by atoms with E-state index in [2.05, 4.69) is 5.32 Å². The van der Waals surface area contributed by atoms with Crippen LogP contribution in [-0.2, 0) is 14.3 Å². The number of nitrogens with zero attached hydrogens (tertiary/aromatic N) is 2. The summed E-state index contributed by atoms with van der Waals surface area (Å²) in [6.07, 6.45) is 0. The molecule has 2 amide bonds. The average molecular weight is 349 g/mol. The number of hydrogen-bond acceptors (Lipinski definition) is 6. The molecule has 9 heteroatoms. The minimum atomic E-state index is -0.972. The van der Waals surface area contributed by atoms with Crippen molar-refractivity contribution in [3.8, 4) is 0 Å². The van der Waals surface area contributed by atoms with Crippen molar-refractivity contribution in [2.45, 2.75) is 13.0 Å². The van der Waals surface area contributed by atoms with Gasteiger partial charge < -0.3 is 19.7 Å². The van der Waals surface area contributed by atoms with Crippen molar-refractivity contribution in [3.63, 3.8) is 0 Å². The van der Waals surface area contributed by atoms with Crippen molar-refractivity contribution in [1.29, 1.82) is 0 Å². The van der Waals surface area contributed by atoms with Gasteiger partial charge in [-0.1, -0.05) is 12.1 Å². The Bertz CT molecular complexity index is 730. The van der Waals surface area contributed by atoms with Gasteiger partial charge in [0.25, 0.3) is 5.69 Å². The molecule has 1 aromatic carbocycles. The fourth-order valence-electron chi connectivity index (χ4n) is 2.53. The molecule has 0 saturated carbocycles. The van der Waals surface area contributed by atoms with Gasteiger partial charge in [-0.2, -0.15) is 0 Å². The van der Waals surface area contributed by atoms with E-state index in [1.54, 1.807) is 13.0 Å². The maximum absolute atomic E-state index is 12.5. The number of nitrogens with one attached hydrogen (secondary N) is 1. The second-order valence-corrected chi connectivity index (χ2v) is 5.39. The molecule has 0 radical (unpaired) electrons. The second kappa shape index (κ2) is 7.75. The van der Waals surface area contributed by atoms with Crippen molar-refractivity contribution in [1.82, 2.24) is 10.2 Å². The second-order valence-electron chi connectivity index (χ2n) is 5.39. The number of carbonyl (C=O) groups is 2. The number of allylic oxidation sites excluding steroid dienone is 1. The highest BCUT2D eigenvalue weighted by atomic mass is 16.6. The van der Waals surface area contributed by atoms with Crippen molar-refractivity contribution >= 4 is 17.7 Å². The van der Waals surface area contributed by atoms with Gasteiger partial charge in [-0.3, -0.25) is 10.1 Å². The molecular weight excluding hydrogens is 330 g/mol. The highest BCUT2D eigenvalue weighted by molar-refractivity contribution is 5.95. The summed E-state index contributed by atoms with van der Waals surface area (Å²) in [5, 5.41) is 13.9. The van der Waals surface area contributed by atoms with Gasteiger partial charge in [-0.25, -0.2) is 9.59 Å². The standard InChI is InChI=1S/C16H19N3O6/c1-10-13(15(20)25-9-8-24-3)14(17-16(21)18(10)2)11-6-4-5-7-12(11)19(22)23/h4-7,14H,8-9H2,1-3H3,(H,17,21). The van der Waals surface area contributed by atoms with E-state index in [4.69, 9.17) is 9.47 Å². The van der Waals surface area contributed by atoms with E-state index in [1.807, 2.05) is 0 Å². The van der Waals surface area contributed by atoms with Crippen molar-refractivity contribution in [3.05, 3.63) is 51.2 Å². The van der Waals surface area contributed by atoms with Gasteiger partial charge in [0.1, 0.15) is 6.61 Å². The molecule has 0 saturated heterocycles. The largest absolute Gasteiger partial charge is 0.460 e. The zero-order valence-corrected chi connectivity index (χ0v) is 14.1. The predicted octanol–water partition coefficient (Wildman–Crippen LogP) is 1.75. The van der Waals surface area contributed by atoms with Crippen LogP contribution in [0.4, 0.5) is 10.5 Å². The van der Waals surface area contributed by atoms with Crippen LogP contribution in [0, 0.1) is 10.1 Å². The first-order chi connectivity index (χ1) is 11.9. The van der Waals surface area contributed by atoms with E-state index in [9.17, 15) is 19.7 Å². The minimum absolute atomic E-state index is 0.0351. The van der Waals surface area contributed by atoms with Gasteiger partial charge in [0, 0.05) is 25.9 Å². The number of amides is 2. The van der Waals surface area contributed by atoms with Crippen LogP contribution in [0.25, 0.3) is 0 Å². The summed E-state index contributed by atoms with van der Waals surface area (Å²) in [6.45, 7) is 1.84. The lowest BCUT2D eigenvalue weighted by molar-refractivity contribution is -0.385. The maximum atomic E-state index is 12.5. The number of hydrogen-bond donors (Lipinski definition) is 1. The number of para-hydroxylation sites is 1. The van der Waals surface area contributed by atoms with Crippen molar-refractivity contribution < 1.29 is 24.0 Å². The molecule has 1 unspecified atom stereocenters. The fourth-order valence-corrected chi connectivity index (χ4v) is 2.53. The van der Waals surface area contributed by atoms with Crippen LogP contribution >= 0.6 is 0 Å². The number of carbonyl (C=O) groups excluding carboxylic acids is 2. The number of esters is 1. The quantitative estimate of drug-likeness (QED) is 0.362. The molecule has 1 aromatic rings. The topological polar surface area (TPSA) is 111 Å². The summed E-state index contributed by atoms with van der Waals surface area (Å²) in [4.78, 5) is 36.7. The first-order valence-corrected chi connectivity index (χ1v) is 7.52. The van der Waals surface area contributed by atoms with Gasteiger partial charge in [-0.05, 0) is 13.0 Å². The number of urea groups is 1.